The molecule has 0 aliphatic carbocycles. The van der Waals surface area contributed by atoms with Gasteiger partial charge in [0.1, 0.15) is 6.04 Å². The van der Waals surface area contributed by atoms with E-state index in [2.05, 4.69) is 5.32 Å². The fourth-order valence-electron chi connectivity index (χ4n) is 2.78. The van der Waals surface area contributed by atoms with Crippen molar-refractivity contribution in [1.82, 2.24) is 4.90 Å². The third-order valence-corrected chi connectivity index (χ3v) is 3.92. The minimum Gasteiger partial charge on any atom is -0.480 e. The van der Waals surface area contributed by atoms with Crippen molar-refractivity contribution in [2.45, 2.75) is 45.1 Å². The van der Waals surface area contributed by atoms with Crippen LogP contribution in [-0.4, -0.2) is 40.4 Å². The second-order valence-electron chi connectivity index (χ2n) is 5.73. The zero-order valence-electron chi connectivity index (χ0n) is 13.2. The number of hydrogen-bond donors (Lipinski definition) is 2. The Morgan fingerprint density at radius 1 is 1.30 bits per heavy atom. The van der Waals surface area contributed by atoms with Gasteiger partial charge < -0.3 is 15.3 Å². The van der Waals surface area contributed by atoms with Crippen LogP contribution in [0, 0.1) is 0 Å². The number of carboxylic acids is 1. The van der Waals surface area contributed by atoms with Gasteiger partial charge in [-0.1, -0.05) is 13.0 Å². The van der Waals surface area contributed by atoms with Crippen molar-refractivity contribution in [1.29, 1.82) is 0 Å². The second-order valence-corrected chi connectivity index (χ2v) is 5.73. The molecule has 6 heteroatoms. The summed E-state index contributed by atoms with van der Waals surface area (Å²) in [6, 6.07) is 5.88. The maximum absolute atomic E-state index is 12.6. The largest absolute Gasteiger partial charge is 0.480 e. The van der Waals surface area contributed by atoms with Crippen molar-refractivity contribution in [3.8, 4) is 0 Å². The summed E-state index contributed by atoms with van der Waals surface area (Å²) in [5.41, 5.74) is 0.950. The number of piperidine rings is 1. The first-order valence-corrected chi connectivity index (χ1v) is 7.96. The molecule has 1 unspecified atom stereocenters. The van der Waals surface area contributed by atoms with E-state index in [1.54, 1.807) is 24.3 Å². The molecule has 0 radical (unpaired) electrons. The molecule has 6 nitrogen and oxygen atoms in total. The highest BCUT2D eigenvalue weighted by molar-refractivity contribution is 5.98. The van der Waals surface area contributed by atoms with E-state index < -0.39 is 12.0 Å². The normalized spacial score (nSPS) is 17.6. The van der Waals surface area contributed by atoms with Crippen LogP contribution in [0.3, 0.4) is 0 Å². The van der Waals surface area contributed by atoms with E-state index in [1.807, 2.05) is 6.92 Å². The van der Waals surface area contributed by atoms with E-state index in [1.165, 1.54) is 4.90 Å². The molecule has 0 aromatic heterocycles. The molecule has 1 aromatic carbocycles. The smallest absolute Gasteiger partial charge is 0.326 e. The van der Waals surface area contributed by atoms with Crippen molar-refractivity contribution >= 4 is 23.5 Å². The number of anilines is 1. The Hall–Kier alpha value is -2.37. The lowest BCUT2D eigenvalue weighted by Gasteiger charge is -2.33. The predicted molar refractivity (Wildman–Crippen MR) is 86.3 cm³/mol. The van der Waals surface area contributed by atoms with Gasteiger partial charge in [-0.2, -0.15) is 0 Å². The second kappa shape index (κ2) is 7.76. The molecule has 2 N–H and O–H groups in total. The van der Waals surface area contributed by atoms with Gasteiger partial charge in [-0.15, -0.1) is 0 Å². The molecule has 124 valence electrons. The Morgan fingerprint density at radius 3 is 2.78 bits per heavy atom. The minimum absolute atomic E-state index is 0.0986. The summed E-state index contributed by atoms with van der Waals surface area (Å²) in [7, 11) is 0. The van der Waals surface area contributed by atoms with Crippen molar-refractivity contribution in [2.75, 3.05) is 11.9 Å². The maximum atomic E-state index is 12.6. The zero-order chi connectivity index (χ0) is 16.8. The van der Waals surface area contributed by atoms with Crippen LogP contribution in [-0.2, 0) is 9.59 Å². The van der Waals surface area contributed by atoms with Crippen LogP contribution in [0.25, 0.3) is 0 Å². The first-order chi connectivity index (χ1) is 11.0. The van der Waals surface area contributed by atoms with Crippen molar-refractivity contribution in [3.05, 3.63) is 29.8 Å². The summed E-state index contributed by atoms with van der Waals surface area (Å²) in [6.45, 7) is 2.37. The predicted octanol–water partition coefficient (Wildman–Crippen LogP) is 2.50. The molecule has 0 saturated carbocycles. The van der Waals surface area contributed by atoms with Gasteiger partial charge in [-0.25, -0.2) is 4.79 Å². The van der Waals surface area contributed by atoms with Gasteiger partial charge in [-0.3, -0.25) is 9.59 Å². The molecule has 23 heavy (non-hydrogen) atoms. The van der Waals surface area contributed by atoms with Gasteiger partial charge in [0.2, 0.25) is 5.91 Å². The minimum atomic E-state index is -0.967. The van der Waals surface area contributed by atoms with Gasteiger partial charge >= 0.3 is 5.97 Å². The summed E-state index contributed by atoms with van der Waals surface area (Å²) in [6.07, 6.45) is 3.27. The van der Waals surface area contributed by atoms with E-state index in [0.29, 0.717) is 30.6 Å². The summed E-state index contributed by atoms with van der Waals surface area (Å²) < 4.78 is 0. The fraction of sp³-hybridized carbons (Fsp3) is 0.471. The van der Waals surface area contributed by atoms with Crippen molar-refractivity contribution in [2.24, 2.45) is 0 Å². The van der Waals surface area contributed by atoms with Crippen LogP contribution in [0.15, 0.2) is 24.3 Å². The van der Waals surface area contributed by atoms with Crippen LogP contribution in [0.2, 0.25) is 0 Å². The van der Waals surface area contributed by atoms with E-state index in [-0.39, 0.29) is 11.8 Å². The Morgan fingerprint density at radius 2 is 2.09 bits per heavy atom. The third kappa shape index (κ3) is 4.31. The summed E-state index contributed by atoms with van der Waals surface area (Å²) in [5.74, 6) is -1.37. The average molecular weight is 318 g/mol. The number of aliphatic carboxylic acids is 1. The molecule has 2 rings (SSSR count). The molecule has 1 fully saturated rings. The first kappa shape index (κ1) is 17.0. The molecule has 2 amide bonds. The van der Waals surface area contributed by atoms with Crippen LogP contribution in [0.4, 0.5) is 5.69 Å². The summed E-state index contributed by atoms with van der Waals surface area (Å²) in [5, 5.41) is 12.0. The van der Waals surface area contributed by atoms with E-state index in [4.69, 9.17) is 0 Å². The lowest BCUT2D eigenvalue weighted by atomic mass is 10.0. The van der Waals surface area contributed by atoms with E-state index in [0.717, 1.165) is 19.3 Å². The summed E-state index contributed by atoms with van der Waals surface area (Å²) >= 11 is 0. The number of carbonyl (C=O) groups is 3. The SMILES string of the molecule is CCCC(=O)Nc1cccc(C(=O)N2CCCCC2C(=O)O)c1. The number of benzene rings is 1. The molecule has 1 saturated heterocycles. The first-order valence-electron chi connectivity index (χ1n) is 7.96. The van der Waals surface area contributed by atoms with Gasteiger partial charge in [0.15, 0.2) is 0 Å². The number of nitrogens with one attached hydrogen (secondary N) is 1. The Balaban J connectivity index is 2.15. The van der Waals surface area contributed by atoms with Gasteiger partial charge in [-0.05, 0) is 43.9 Å². The van der Waals surface area contributed by atoms with Gasteiger partial charge in [0, 0.05) is 24.2 Å². The average Bonchev–Trinajstić information content (AvgIpc) is 2.54. The number of rotatable bonds is 5. The molecule has 1 atom stereocenters. The fourth-order valence-corrected chi connectivity index (χ4v) is 2.78. The van der Waals surface area contributed by atoms with Crippen LogP contribution in [0.1, 0.15) is 49.4 Å². The topological polar surface area (TPSA) is 86.7 Å². The molecule has 1 aliphatic heterocycles. The van der Waals surface area contributed by atoms with E-state index in [9.17, 15) is 19.5 Å². The quantitative estimate of drug-likeness (QED) is 0.873. The number of amides is 2. The van der Waals surface area contributed by atoms with Gasteiger partial charge in [0.25, 0.3) is 5.91 Å². The van der Waals surface area contributed by atoms with Crippen LogP contribution >= 0.6 is 0 Å². The number of hydrogen-bond acceptors (Lipinski definition) is 3. The lowest BCUT2D eigenvalue weighted by Crippen LogP contribution is -2.48. The highest BCUT2D eigenvalue weighted by atomic mass is 16.4. The van der Waals surface area contributed by atoms with Crippen LogP contribution < -0.4 is 5.32 Å². The van der Waals surface area contributed by atoms with Crippen LogP contribution in [0.5, 0.6) is 0 Å². The molecular weight excluding hydrogens is 296 g/mol. The molecule has 1 aliphatic rings. The Kier molecular flexibility index (Phi) is 5.73. The zero-order valence-corrected chi connectivity index (χ0v) is 13.2. The van der Waals surface area contributed by atoms with Crippen molar-refractivity contribution in [3.63, 3.8) is 0 Å². The number of carboxylic acid groups (broad SMARTS) is 1. The molecule has 1 heterocycles. The van der Waals surface area contributed by atoms with Crippen molar-refractivity contribution < 1.29 is 19.5 Å². The monoisotopic (exact) mass is 318 g/mol. The number of likely N-dealkylation sites (tertiary alicyclic amines) is 1. The van der Waals surface area contributed by atoms with E-state index >= 15 is 0 Å². The molecule has 0 bridgehead atoms. The number of carbonyl (C=O) groups excluding carboxylic acids is 2. The Labute approximate surface area is 135 Å². The third-order valence-electron chi connectivity index (χ3n) is 3.92. The van der Waals surface area contributed by atoms with Gasteiger partial charge in [0.05, 0.1) is 0 Å². The summed E-state index contributed by atoms with van der Waals surface area (Å²) in [4.78, 5) is 37.0. The highest BCUT2D eigenvalue weighted by Crippen LogP contribution is 2.21. The highest BCUT2D eigenvalue weighted by Gasteiger charge is 2.32. The molecule has 1 aromatic rings. The maximum Gasteiger partial charge on any atom is 0.326 e. The molecule has 0 spiro atoms. The molecular formula is C17H22N2O4. The standard InChI is InChI=1S/C17H22N2O4/c1-2-6-15(20)18-13-8-5-7-12(11-13)16(21)19-10-4-3-9-14(19)17(22)23/h5,7-8,11,14H,2-4,6,9-10H2,1H3,(H,18,20)(H,22,23). The lowest BCUT2D eigenvalue weighted by molar-refractivity contribution is -0.143. The number of nitrogens with zero attached hydrogens (tertiary/aromatic N) is 1. The Bertz CT molecular complexity index is 600.